The Morgan fingerprint density at radius 2 is 2.08 bits per heavy atom. The number of nitrogens with one attached hydrogen (secondary N) is 2. The molecule has 128 valence electrons. The molecule has 0 saturated carbocycles. The fourth-order valence-electron chi connectivity index (χ4n) is 2.86. The summed E-state index contributed by atoms with van der Waals surface area (Å²) in [4.78, 5) is 16.7. The van der Waals surface area contributed by atoms with Crippen LogP contribution in [-0.4, -0.2) is 41.5 Å². The van der Waals surface area contributed by atoms with E-state index in [4.69, 9.17) is 0 Å². The first-order valence-corrected chi connectivity index (χ1v) is 9.56. The van der Waals surface area contributed by atoms with Gasteiger partial charge in [0.15, 0.2) is 9.84 Å². The molecule has 0 aliphatic carbocycles. The van der Waals surface area contributed by atoms with Gasteiger partial charge in [-0.3, -0.25) is 0 Å². The average molecular weight is 348 g/mol. The number of nitrogens with zero attached hydrogens (tertiary/aromatic N) is 2. The van der Waals surface area contributed by atoms with E-state index in [-0.39, 0.29) is 17.5 Å². The van der Waals surface area contributed by atoms with Gasteiger partial charge in [0.25, 0.3) is 0 Å². The minimum absolute atomic E-state index is 0.00116. The molecule has 0 unspecified atom stereocenters. The SMILES string of the molecule is Cn1ccnc1[C@@H](NC(=O)N[C@H]1CCS(=O)(=O)C1)c1ccccc1. The molecule has 2 heterocycles. The summed E-state index contributed by atoms with van der Waals surface area (Å²) >= 11 is 0. The topological polar surface area (TPSA) is 93.1 Å². The van der Waals surface area contributed by atoms with Gasteiger partial charge in [0, 0.05) is 25.5 Å². The predicted octanol–water partition coefficient (Wildman–Crippen LogP) is 0.996. The average Bonchev–Trinajstić information content (AvgIpc) is 3.11. The molecule has 1 fully saturated rings. The normalized spacial score (nSPS) is 20.5. The highest BCUT2D eigenvalue weighted by Crippen LogP contribution is 2.20. The number of carbonyl (C=O) groups is 1. The van der Waals surface area contributed by atoms with E-state index in [0.29, 0.717) is 12.2 Å². The fraction of sp³-hybridized carbons (Fsp3) is 0.375. The van der Waals surface area contributed by atoms with Gasteiger partial charge in [-0.1, -0.05) is 30.3 Å². The third kappa shape index (κ3) is 3.76. The maximum absolute atomic E-state index is 12.3. The van der Waals surface area contributed by atoms with Gasteiger partial charge >= 0.3 is 6.03 Å². The summed E-state index contributed by atoms with van der Waals surface area (Å²) < 4.78 is 24.9. The van der Waals surface area contributed by atoms with Crippen molar-refractivity contribution in [1.29, 1.82) is 0 Å². The van der Waals surface area contributed by atoms with Crippen LogP contribution in [0.25, 0.3) is 0 Å². The second kappa shape index (κ2) is 6.64. The first kappa shape index (κ1) is 16.5. The molecule has 7 nitrogen and oxygen atoms in total. The zero-order valence-corrected chi connectivity index (χ0v) is 14.2. The number of amides is 2. The summed E-state index contributed by atoms with van der Waals surface area (Å²) in [5, 5.41) is 5.65. The van der Waals surface area contributed by atoms with Gasteiger partial charge in [-0.25, -0.2) is 18.2 Å². The second-order valence-electron chi connectivity index (χ2n) is 5.96. The molecule has 1 aromatic heterocycles. The van der Waals surface area contributed by atoms with E-state index in [1.165, 1.54) is 0 Å². The molecule has 1 aliphatic heterocycles. The number of carbonyl (C=O) groups excluding carboxylic acids is 1. The van der Waals surface area contributed by atoms with Crippen molar-refractivity contribution in [2.24, 2.45) is 7.05 Å². The van der Waals surface area contributed by atoms with Crippen LogP contribution in [0.3, 0.4) is 0 Å². The number of hydrogen-bond acceptors (Lipinski definition) is 4. The predicted molar refractivity (Wildman–Crippen MR) is 90.2 cm³/mol. The monoisotopic (exact) mass is 348 g/mol. The molecule has 0 spiro atoms. The van der Waals surface area contributed by atoms with E-state index in [0.717, 1.165) is 5.56 Å². The second-order valence-corrected chi connectivity index (χ2v) is 8.19. The molecule has 8 heteroatoms. The number of hydrogen-bond donors (Lipinski definition) is 2. The van der Waals surface area contributed by atoms with Crippen molar-refractivity contribution in [2.75, 3.05) is 11.5 Å². The van der Waals surface area contributed by atoms with Crippen molar-refractivity contribution in [2.45, 2.75) is 18.5 Å². The van der Waals surface area contributed by atoms with E-state index in [9.17, 15) is 13.2 Å². The number of imidazole rings is 1. The van der Waals surface area contributed by atoms with Gasteiger partial charge in [0.2, 0.25) is 0 Å². The van der Waals surface area contributed by atoms with Crippen LogP contribution in [0.5, 0.6) is 0 Å². The Morgan fingerprint density at radius 1 is 1.33 bits per heavy atom. The Labute approximate surface area is 141 Å². The third-order valence-electron chi connectivity index (χ3n) is 4.09. The summed E-state index contributed by atoms with van der Waals surface area (Å²) in [5.74, 6) is 0.827. The van der Waals surface area contributed by atoms with Crippen molar-refractivity contribution in [1.82, 2.24) is 20.2 Å². The highest BCUT2D eigenvalue weighted by atomic mass is 32.2. The molecule has 0 bridgehead atoms. The lowest BCUT2D eigenvalue weighted by Crippen LogP contribution is -2.44. The van der Waals surface area contributed by atoms with Crippen molar-refractivity contribution >= 4 is 15.9 Å². The zero-order chi connectivity index (χ0) is 17.2. The highest BCUT2D eigenvalue weighted by Gasteiger charge is 2.30. The molecule has 1 aromatic carbocycles. The maximum Gasteiger partial charge on any atom is 0.315 e. The number of aryl methyl sites for hydroxylation is 1. The number of sulfone groups is 1. The maximum atomic E-state index is 12.3. The smallest absolute Gasteiger partial charge is 0.315 e. The van der Waals surface area contributed by atoms with Gasteiger partial charge < -0.3 is 15.2 Å². The van der Waals surface area contributed by atoms with Crippen LogP contribution in [0.4, 0.5) is 4.79 Å². The van der Waals surface area contributed by atoms with Crippen molar-refractivity contribution in [3.63, 3.8) is 0 Å². The van der Waals surface area contributed by atoms with E-state index < -0.39 is 21.9 Å². The van der Waals surface area contributed by atoms with Crippen LogP contribution in [-0.2, 0) is 16.9 Å². The molecule has 2 aromatic rings. The Morgan fingerprint density at radius 3 is 2.67 bits per heavy atom. The summed E-state index contributed by atoms with van der Waals surface area (Å²) in [6.45, 7) is 0. The van der Waals surface area contributed by atoms with Crippen molar-refractivity contribution in [3.8, 4) is 0 Å². The molecule has 3 rings (SSSR count). The molecule has 1 saturated heterocycles. The minimum atomic E-state index is -3.03. The summed E-state index contributed by atoms with van der Waals surface area (Å²) in [6.07, 6.45) is 3.94. The molecule has 2 amide bonds. The van der Waals surface area contributed by atoms with Crippen LogP contribution in [0.2, 0.25) is 0 Å². The molecule has 1 aliphatic rings. The van der Waals surface area contributed by atoms with Crippen molar-refractivity contribution < 1.29 is 13.2 Å². The van der Waals surface area contributed by atoms with Crippen LogP contribution in [0.15, 0.2) is 42.7 Å². The first-order valence-electron chi connectivity index (χ1n) is 7.74. The Bertz CT molecular complexity index is 817. The van der Waals surface area contributed by atoms with Gasteiger partial charge in [-0.15, -0.1) is 0 Å². The van der Waals surface area contributed by atoms with Gasteiger partial charge in [-0.05, 0) is 12.0 Å². The molecule has 2 N–H and O–H groups in total. The van der Waals surface area contributed by atoms with Gasteiger partial charge in [0.05, 0.1) is 11.5 Å². The molecule has 0 radical (unpaired) electrons. The lowest BCUT2D eigenvalue weighted by atomic mass is 10.1. The number of aromatic nitrogens is 2. The molecule has 24 heavy (non-hydrogen) atoms. The quantitative estimate of drug-likeness (QED) is 0.862. The first-order chi connectivity index (χ1) is 11.4. The highest BCUT2D eigenvalue weighted by molar-refractivity contribution is 7.91. The van der Waals surface area contributed by atoms with E-state index in [1.54, 1.807) is 6.20 Å². The molecule has 2 atom stereocenters. The van der Waals surface area contributed by atoms with E-state index >= 15 is 0 Å². The largest absolute Gasteiger partial charge is 0.336 e. The van der Waals surface area contributed by atoms with Crippen LogP contribution in [0, 0.1) is 0 Å². The van der Waals surface area contributed by atoms with Crippen LogP contribution < -0.4 is 10.6 Å². The van der Waals surface area contributed by atoms with E-state index in [1.807, 2.05) is 48.1 Å². The molecular weight excluding hydrogens is 328 g/mol. The summed E-state index contributed by atoms with van der Waals surface area (Å²) in [7, 11) is -1.17. The summed E-state index contributed by atoms with van der Waals surface area (Å²) in [5.41, 5.74) is 0.904. The fourth-order valence-corrected chi connectivity index (χ4v) is 4.54. The summed E-state index contributed by atoms with van der Waals surface area (Å²) in [6, 6.07) is 8.39. The van der Waals surface area contributed by atoms with Gasteiger partial charge in [0.1, 0.15) is 11.9 Å². The number of urea groups is 1. The van der Waals surface area contributed by atoms with Crippen LogP contribution >= 0.6 is 0 Å². The third-order valence-corrected chi connectivity index (χ3v) is 5.86. The minimum Gasteiger partial charge on any atom is -0.336 e. The standard InChI is InChI=1S/C16H20N4O3S/c1-20-9-8-17-15(20)14(12-5-3-2-4-6-12)19-16(21)18-13-7-10-24(22,23)11-13/h2-6,8-9,13-14H,7,10-11H2,1H3,(H2,18,19,21)/t13-,14-/m0/s1. The lowest BCUT2D eigenvalue weighted by molar-refractivity contribution is 0.235. The number of rotatable bonds is 4. The van der Waals surface area contributed by atoms with Crippen LogP contribution in [0.1, 0.15) is 23.9 Å². The zero-order valence-electron chi connectivity index (χ0n) is 13.3. The van der Waals surface area contributed by atoms with Gasteiger partial charge in [-0.2, -0.15) is 0 Å². The molecular formula is C16H20N4O3S. The lowest BCUT2D eigenvalue weighted by Gasteiger charge is -2.21. The Kier molecular flexibility index (Phi) is 4.57. The Hall–Kier alpha value is -2.35. The number of benzene rings is 1. The Balaban J connectivity index is 1.75. The van der Waals surface area contributed by atoms with E-state index in [2.05, 4.69) is 15.6 Å². The van der Waals surface area contributed by atoms with Crippen molar-refractivity contribution in [3.05, 3.63) is 54.1 Å².